The molecule has 2 aliphatic heterocycles. The number of amides is 2. The Balaban J connectivity index is 1.64. The molecule has 102 valence electrons. The van der Waals surface area contributed by atoms with Crippen LogP contribution in [-0.4, -0.2) is 65.4 Å². The Morgan fingerprint density at radius 1 is 1.61 bits per heavy atom. The van der Waals surface area contributed by atoms with Gasteiger partial charge >= 0.3 is 0 Å². The highest BCUT2D eigenvalue weighted by molar-refractivity contribution is 8.13. The van der Waals surface area contributed by atoms with Gasteiger partial charge in [-0.3, -0.25) is 9.59 Å². The summed E-state index contributed by atoms with van der Waals surface area (Å²) in [6, 6.07) is 0. The number of thioether (sulfide) groups is 1. The van der Waals surface area contributed by atoms with E-state index in [1.54, 1.807) is 4.90 Å². The van der Waals surface area contributed by atoms with Gasteiger partial charge in [0.25, 0.3) is 5.24 Å². The summed E-state index contributed by atoms with van der Waals surface area (Å²) in [7, 11) is 0. The van der Waals surface area contributed by atoms with Gasteiger partial charge in [0.15, 0.2) is 0 Å². The first-order valence-corrected chi connectivity index (χ1v) is 7.06. The van der Waals surface area contributed by atoms with Crippen molar-refractivity contribution in [2.75, 3.05) is 38.6 Å². The molecule has 0 radical (unpaired) electrons. The first kappa shape index (κ1) is 13.6. The molecule has 2 saturated heterocycles. The lowest BCUT2D eigenvalue weighted by atomic mass is 10.0. The molecule has 2 fully saturated rings. The fraction of sp³-hybridized carbons (Fsp3) is 0.818. The number of hydrogen-bond donors (Lipinski definition) is 2. The number of ether oxygens (including phenoxy) is 1. The van der Waals surface area contributed by atoms with Gasteiger partial charge < -0.3 is 20.1 Å². The standard InChI is InChI=1S/C11H18N2O4S/c14-9(1-3-13-4-6-18-10(13)15)12-7-11(16)2-5-17-8-11/h16H,1-8H2,(H,12,14). The van der Waals surface area contributed by atoms with Gasteiger partial charge in [0, 0.05) is 44.8 Å². The summed E-state index contributed by atoms with van der Waals surface area (Å²) in [4.78, 5) is 24.6. The second kappa shape index (κ2) is 5.90. The lowest BCUT2D eigenvalue weighted by Crippen LogP contribution is -2.44. The van der Waals surface area contributed by atoms with E-state index < -0.39 is 5.60 Å². The minimum absolute atomic E-state index is 0.0469. The van der Waals surface area contributed by atoms with Crippen molar-refractivity contribution < 1.29 is 19.4 Å². The van der Waals surface area contributed by atoms with Crippen molar-refractivity contribution in [3.8, 4) is 0 Å². The number of carbonyl (C=O) groups is 2. The first-order valence-electron chi connectivity index (χ1n) is 6.08. The summed E-state index contributed by atoms with van der Waals surface area (Å²) in [5.41, 5.74) is -0.922. The average molecular weight is 274 g/mol. The number of nitrogens with one attached hydrogen (secondary N) is 1. The Morgan fingerprint density at radius 3 is 3.06 bits per heavy atom. The minimum Gasteiger partial charge on any atom is -0.386 e. The van der Waals surface area contributed by atoms with Crippen molar-refractivity contribution in [3.63, 3.8) is 0 Å². The Labute approximate surface area is 110 Å². The van der Waals surface area contributed by atoms with Gasteiger partial charge in [-0.1, -0.05) is 11.8 Å². The van der Waals surface area contributed by atoms with Crippen LogP contribution >= 0.6 is 11.8 Å². The maximum absolute atomic E-state index is 11.6. The van der Waals surface area contributed by atoms with E-state index >= 15 is 0 Å². The average Bonchev–Trinajstić information content (AvgIpc) is 2.94. The largest absolute Gasteiger partial charge is 0.386 e. The third kappa shape index (κ3) is 3.60. The number of hydrogen-bond acceptors (Lipinski definition) is 5. The van der Waals surface area contributed by atoms with Gasteiger partial charge in [0.05, 0.1) is 6.61 Å². The van der Waals surface area contributed by atoms with Gasteiger partial charge in [-0.2, -0.15) is 0 Å². The van der Waals surface area contributed by atoms with Crippen LogP contribution in [0.4, 0.5) is 4.79 Å². The third-order valence-electron chi connectivity index (χ3n) is 3.15. The first-order chi connectivity index (χ1) is 8.59. The van der Waals surface area contributed by atoms with E-state index in [0.717, 1.165) is 5.75 Å². The third-order valence-corrected chi connectivity index (χ3v) is 4.04. The van der Waals surface area contributed by atoms with Crippen LogP contribution in [0.5, 0.6) is 0 Å². The molecular formula is C11H18N2O4S. The summed E-state index contributed by atoms with van der Waals surface area (Å²) < 4.78 is 5.09. The molecule has 2 rings (SSSR count). The van der Waals surface area contributed by atoms with Gasteiger partial charge in [0.2, 0.25) is 5.91 Å². The van der Waals surface area contributed by atoms with E-state index in [0.29, 0.717) is 26.1 Å². The SMILES string of the molecule is O=C(CCN1CCSC1=O)NCC1(O)CCOC1. The number of aliphatic hydroxyl groups is 1. The van der Waals surface area contributed by atoms with Crippen LogP contribution in [0, 0.1) is 0 Å². The molecule has 0 spiro atoms. The quantitative estimate of drug-likeness (QED) is 0.726. The van der Waals surface area contributed by atoms with Crippen LogP contribution < -0.4 is 5.32 Å². The molecule has 2 amide bonds. The summed E-state index contributed by atoms with van der Waals surface area (Å²) >= 11 is 1.29. The van der Waals surface area contributed by atoms with Crippen LogP contribution in [0.3, 0.4) is 0 Å². The van der Waals surface area contributed by atoms with Gasteiger partial charge in [-0.15, -0.1) is 0 Å². The Hall–Kier alpha value is -0.790. The second-order valence-electron chi connectivity index (χ2n) is 4.66. The van der Waals surface area contributed by atoms with E-state index in [4.69, 9.17) is 4.74 Å². The Bertz CT molecular complexity index is 331. The molecule has 6 nitrogen and oxygen atoms in total. The Morgan fingerprint density at radius 2 is 2.44 bits per heavy atom. The molecule has 7 heteroatoms. The molecule has 0 bridgehead atoms. The molecule has 0 saturated carbocycles. The maximum Gasteiger partial charge on any atom is 0.281 e. The molecule has 1 unspecified atom stereocenters. The van der Waals surface area contributed by atoms with Crippen LogP contribution in [0.15, 0.2) is 0 Å². The van der Waals surface area contributed by atoms with Crippen LogP contribution in [0.25, 0.3) is 0 Å². The maximum atomic E-state index is 11.6. The van der Waals surface area contributed by atoms with Gasteiger partial charge in [-0.05, 0) is 0 Å². The zero-order valence-electron chi connectivity index (χ0n) is 10.2. The van der Waals surface area contributed by atoms with Gasteiger partial charge in [0.1, 0.15) is 5.60 Å². The highest BCUT2D eigenvalue weighted by Gasteiger charge is 2.32. The molecule has 0 aromatic heterocycles. The van der Waals surface area contributed by atoms with E-state index in [-0.39, 0.29) is 30.7 Å². The van der Waals surface area contributed by atoms with Crippen molar-refractivity contribution in [2.24, 2.45) is 0 Å². The highest BCUT2D eigenvalue weighted by Crippen LogP contribution is 2.18. The van der Waals surface area contributed by atoms with Crippen molar-refractivity contribution in [1.29, 1.82) is 0 Å². The normalized spacial score (nSPS) is 27.8. The van der Waals surface area contributed by atoms with E-state index in [9.17, 15) is 14.7 Å². The Kier molecular flexibility index (Phi) is 4.47. The van der Waals surface area contributed by atoms with Gasteiger partial charge in [-0.25, -0.2) is 0 Å². The van der Waals surface area contributed by atoms with Crippen molar-refractivity contribution in [2.45, 2.75) is 18.4 Å². The van der Waals surface area contributed by atoms with E-state index in [2.05, 4.69) is 5.32 Å². The summed E-state index contributed by atoms with van der Waals surface area (Å²) in [5, 5.41) is 12.7. The fourth-order valence-electron chi connectivity index (χ4n) is 1.95. The van der Waals surface area contributed by atoms with Crippen LogP contribution in [0.1, 0.15) is 12.8 Å². The van der Waals surface area contributed by atoms with Crippen LogP contribution in [-0.2, 0) is 9.53 Å². The van der Waals surface area contributed by atoms with E-state index in [1.807, 2.05) is 0 Å². The topological polar surface area (TPSA) is 78.9 Å². The van der Waals surface area contributed by atoms with Crippen molar-refractivity contribution >= 4 is 22.9 Å². The fourth-order valence-corrected chi connectivity index (χ4v) is 2.80. The number of rotatable bonds is 5. The van der Waals surface area contributed by atoms with Crippen LogP contribution in [0.2, 0.25) is 0 Å². The molecule has 2 aliphatic rings. The molecular weight excluding hydrogens is 256 g/mol. The molecule has 2 heterocycles. The molecule has 0 aromatic rings. The summed E-state index contributed by atoms with van der Waals surface area (Å²) in [6.45, 7) is 2.19. The molecule has 0 aliphatic carbocycles. The monoisotopic (exact) mass is 274 g/mol. The number of carbonyl (C=O) groups excluding carboxylic acids is 2. The zero-order valence-corrected chi connectivity index (χ0v) is 11.0. The zero-order chi connectivity index (χ0) is 13.0. The number of nitrogens with zero attached hydrogens (tertiary/aromatic N) is 1. The van der Waals surface area contributed by atoms with Crippen molar-refractivity contribution in [3.05, 3.63) is 0 Å². The smallest absolute Gasteiger partial charge is 0.281 e. The lowest BCUT2D eigenvalue weighted by Gasteiger charge is -2.21. The summed E-state index contributed by atoms with van der Waals surface area (Å²) in [6.07, 6.45) is 0.831. The molecule has 1 atom stereocenters. The van der Waals surface area contributed by atoms with E-state index in [1.165, 1.54) is 11.8 Å². The summed E-state index contributed by atoms with van der Waals surface area (Å²) in [5.74, 6) is 0.664. The molecule has 2 N–H and O–H groups in total. The highest BCUT2D eigenvalue weighted by atomic mass is 32.2. The minimum atomic E-state index is -0.922. The predicted molar refractivity (Wildman–Crippen MR) is 67.4 cm³/mol. The van der Waals surface area contributed by atoms with Crippen molar-refractivity contribution in [1.82, 2.24) is 10.2 Å². The lowest BCUT2D eigenvalue weighted by molar-refractivity contribution is -0.122. The molecule has 18 heavy (non-hydrogen) atoms. The second-order valence-corrected chi connectivity index (χ2v) is 5.70. The predicted octanol–water partition coefficient (Wildman–Crippen LogP) is -0.187. The molecule has 0 aromatic carbocycles.